The molecule has 1 amide bonds. The second kappa shape index (κ2) is 9.18. The average Bonchev–Trinajstić information content (AvgIpc) is 2.59. The maximum absolute atomic E-state index is 13.2. The maximum Gasteiger partial charge on any atom is 0.258 e. The normalized spacial score (nSPS) is 17.7. The molecule has 0 fully saturated rings. The van der Waals surface area contributed by atoms with Gasteiger partial charge in [-0.2, -0.15) is 5.26 Å². The van der Waals surface area contributed by atoms with Crippen molar-refractivity contribution in [3.8, 4) is 6.07 Å². The van der Waals surface area contributed by atoms with Gasteiger partial charge in [0.1, 0.15) is 6.07 Å². The van der Waals surface area contributed by atoms with Gasteiger partial charge in [0.25, 0.3) is 5.91 Å². The minimum absolute atomic E-state index is 0.0700. The Morgan fingerprint density at radius 1 is 1.37 bits per heavy atom. The van der Waals surface area contributed by atoms with Gasteiger partial charge in [0.2, 0.25) is 0 Å². The summed E-state index contributed by atoms with van der Waals surface area (Å²) < 4.78 is 0. The van der Waals surface area contributed by atoms with Crippen molar-refractivity contribution < 1.29 is 4.79 Å². The third-order valence-electron chi connectivity index (χ3n) is 4.62. The lowest BCUT2D eigenvalue weighted by atomic mass is 9.89. The SMILES string of the molecule is C/C=C(\C(=O)N1C=CC(C(/C(C)=N)=C(\C)N)=C(C#N)/C1=C(\C)CC)C(C)C. The fourth-order valence-corrected chi connectivity index (χ4v) is 3.19. The minimum Gasteiger partial charge on any atom is -0.402 e. The van der Waals surface area contributed by atoms with Gasteiger partial charge in [-0.15, -0.1) is 0 Å². The summed E-state index contributed by atoms with van der Waals surface area (Å²) in [5, 5.41) is 18.0. The fraction of sp³-hybridized carbons (Fsp3) is 0.409. The number of nitrogens with one attached hydrogen (secondary N) is 1. The molecule has 5 nitrogen and oxygen atoms in total. The Morgan fingerprint density at radius 2 is 1.96 bits per heavy atom. The van der Waals surface area contributed by atoms with E-state index in [-0.39, 0.29) is 17.5 Å². The summed E-state index contributed by atoms with van der Waals surface area (Å²) in [5.41, 5.74) is 10.5. The number of carbonyl (C=O) groups excluding carboxylic acids is 1. The number of nitrogens with zero attached hydrogens (tertiary/aromatic N) is 2. The van der Waals surface area contributed by atoms with Crippen LogP contribution in [0.1, 0.15) is 54.9 Å². The van der Waals surface area contributed by atoms with E-state index in [0.29, 0.717) is 40.1 Å². The van der Waals surface area contributed by atoms with Crippen molar-refractivity contribution in [3.05, 3.63) is 57.6 Å². The Labute approximate surface area is 162 Å². The lowest BCUT2D eigenvalue weighted by molar-refractivity contribution is -0.123. The van der Waals surface area contributed by atoms with E-state index in [2.05, 4.69) is 6.07 Å². The van der Waals surface area contributed by atoms with Gasteiger partial charge in [0, 0.05) is 34.3 Å². The first-order chi connectivity index (χ1) is 12.6. The molecule has 0 saturated carbocycles. The zero-order chi connectivity index (χ0) is 20.9. The molecule has 0 aromatic rings. The highest BCUT2D eigenvalue weighted by Gasteiger charge is 2.30. The van der Waals surface area contributed by atoms with Crippen LogP contribution in [0.25, 0.3) is 0 Å². The number of nitrogens with two attached hydrogens (primary N) is 1. The van der Waals surface area contributed by atoms with Gasteiger partial charge in [-0.1, -0.05) is 26.8 Å². The highest BCUT2D eigenvalue weighted by molar-refractivity contribution is 6.03. The van der Waals surface area contributed by atoms with Crippen LogP contribution in [0.5, 0.6) is 0 Å². The fourth-order valence-electron chi connectivity index (χ4n) is 3.19. The van der Waals surface area contributed by atoms with Crippen molar-refractivity contribution in [3.63, 3.8) is 0 Å². The van der Waals surface area contributed by atoms with E-state index in [9.17, 15) is 10.1 Å². The maximum atomic E-state index is 13.2. The molecule has 0 unspecified atom stereocenters. The van der Waals surface area contributed by atoms with E-state index in [1.165, 1.54) is 0 Å². The number of allylic oxidation sites excluding steroid dienone is 7. The quantitative estimate of drug-likeness (QED) is 0.544. The standard InChI is InChI=1S/C22H30N4O/c1-8-14(5)21-19(12-23)18(20(15(6)24)16(7)25)10-11-26(21)22(27)17(9-2)13(3)4/h9-11,13,24H,8,25H2,1-7H3/b17-9-,20-16+,21-14-,24-15?. The number of nitriles is 1. The van der Waals surface area contributed by atoms with Crippen LogP contribution in [0.2, 0.25) is 0 Å². The smallest absolute Gasteiger partial charge is 0.258 e. The summed E-state index contributed by atoms with van der Waals surface area (Å²) in [7, 11) is 0. The third-order valence-corrected chi connectivity index (χ3v) is 4.62. The Morgan fingerprint density at radius 3 is 2.33 bits per heavy atom. The Hall–Kier alpha value is -2.87. The van der Waals surface area contributed by atoms with Crippen molar-refractivity contribution in [1.82, 2.24) is 4.90 Å². The van der Waals surface area contributed by atoms with Crippen molar-refractivity contribution in [2.45, 2.75) is 54.9 Å². The lowest BCUT2D eigenvalue weighted by Crippen LogP contribution is -2.32. The molecule has 144 valence electrons. The lowest BCUT2D eigenvalue weighted by Gasteiger charge is -2.30. The summed E-state index contributed by atoms with van der Waals surface area (Å²) in [6.07, 6.45) is 5.91. The van der Waals surface area contributed by atoms with Crippen LogP contribution in [-0.4, -0.2) is 16.5 Å². The van der Waals surface area contributed by atoms with Crippen LogP contribution >= 0.6 is 0 Å². The van der Waals surface area contributed by atoms with Crippen molar-refractivity contribution >= 4 is 11.6 Å². The molecule has 0 aliphatic carbocycles. The first-order valence-electron chi connectivity index (χ1n) is 9.16. The summed E-state index contributed by atoms with van der Waals surface area (Å²) in [4.78, 5) is 14.7. The molecule has 3 N–H and O–H groups in total. The molecule has 0 aromatic heterocycles. The number of amides is 1. The van der Waals surface area contributed by atoms with Crippen LogP contribution in [0.4, 0.5) is 0 Å². The molecular weight excluding hydrogens is 336 g/mol. The average molecular weight is 367 g/mol. The Kier molecular flexibility index (Phi) is 7.54. The Balaban J connectivity index is 3.77. The van der Waals surface area contributed by atoms with Crippen LogP contribution in [0, 0.1) is 22.7 Å². The molecule has 0 bridgehead atoms. The van der Waals surface area contributed by atoms with E-state index in [1.807, 2.05) is 40.7 Å². The van der Waals surface area contributed by atoms with E-state index >= 15 is 0 Å². The van der Waals surface area contributed by atoms with Gasteiger partial charge < -0.3 is 11.1 Å². The van der Waals surface area contributed by atoms with E-state index in [0.717, 1.165) is 5.57 Å². The first kappa shape index (κ1) is 22.2. The highest BCUT2D eigenvalue weighted by Crippen LogP contribution is 2.34. The van der Waals surface area contributed by atoms with Gasteiger partial charge in [-0.05, 0) is 51.7 Å². The van der Waals surface area contributed by atoms with Gasteiger partial charge in [0.15, 0.2) is 0 Å². The highest BCUT2D eigenvalue weighted by atomic mass is 16.2. The molecule has 0 saturated heterocycles. The van der Waals surface area contributed by atoms with Crippen molar-refractivity contribution in [1.29, 1.82) is 10.7 Å². The molecule has 0 spiro atoms. The topological polar surface area (TPSA) is 94.0 Å². The zero-order valence-corrected chi connectivity index (χ0v) is 17.4. The zero-order valence-electron chi connectivity index (χ0n) is 17.4. The number of hydrogen-bond acceptors (Lipinski definition) is 4. The van der Waals surface area contributed by atoms with Gasteiger partial charge >= 0.3 is 0 Å². The molecule has 0 radical (unpaired) electrons. The van der Waals surface area contributed by atoms with Crippen molar-refractivity contribution in [2.24, 2.45) is 11.7 Å². The summed E-state index contributed by atoms with van der Waals surface area (Å²) in [6, 6.07) is 2.25. The van der Waals surface area contributed by atoms with Crippen molar-refractivity contribution in [2.75, 3.05) is 0 Å². The van der Waals surface area contributed by atoms with Crippen LogP contribution in [0.15, 0.2) is 57.6 Å². The Bertz CT molecular complexity index is 838. The largest absolute Gasteiger partial charge is 0.402 e. The molecule has 5 heteroatoms. The summed E-state index contributed by atoms with van der Waals surface area (Å²) in [5.74, 6) is -0.0690. The second-order valence-electron chi connectivity index (χ2n) is 6.96. The van der Waals surface area contributed by atoms with Gasteiger partial charge in [-0.25, -0.2) is 0 Å². The van der Waals surface area contributed by atoms with Crippen LogP contribution < -0.4 is 5.73 Å². The first-order valence-corrected chi connectivity index (χ1v) is 9.16. The van der Waals surface area contributed by atoms with Crippen LogP contribution in [-0.2, 0) is 4.79 Å². The summed E-state index contributed by atoms with van der Waals surface area (Å²) in [6.45, 7) is 13.1. The van der Waals surface area contributed by atoms with E-state index < -0.39 is 0 Å². The van der Waals surface area contributed by atoms with E-state index in [1.54, 1.807) is 31.0 Å². The molecule has 0 aromatic carbocycles. The number of rotatable bonds is 5. The number of hydrogen-bond donors (Lipinski definition) is 2. The minimum atomic E-state index is -0.139. The second-order valence-corrected chi connectivity index (χ2v) is 6.96. The van der Waals surface area contributed by atoms with Crippen LogP contribution in [0.3, 0.4) is 0 Å². The number of carbonyl (C=O) groups is 1. The summed E-state index contributed by atoms with van der Waals surface area (Å²) >= 11 is 0. The van der Waals surface area contributed by atoms with Gasteiger partial charge in [0.05, 0.1) is 11.3 Å². The molecule has 1 heterocycles. The molecule has 27 heavy (non-hydrogen) atoms. The predicted molar refractivity (Wildman–Crippen MR) is 110 cm³/mol. The predicted octanol–water partition coefficient (Wildman–Crippen LogP) is 4.72. The molecule has 1 rings (SSSR count). The van der Waals surface area contributed by atoms with E-state index in [4.69, 9.17) is 11.1 Å². The third kappa shape index (κ3) is 4.46. The monoisotopic (exact) mass is 366 g/mol. The molecule has 1 aliphatic heterocycles. The molecular formula is C22H30N4O. The van der Waals surface area contributed by atoms with Gasteiger partial charge in [-0.3, -0.25) is 9.69 Å². The molecule has 1 aliphatic rings. The molecule has 0 atom stereocenters.